The molecule has 26 heavy (non-hydrogen) atoms. The van der Waals surface area contributed by atoms with Crippen molar-refractivity contribution in [2.24, 2.45) is 5.14 Å². The number of nitrogens with zero attached hydrogens (tertiary/aromatic N) is 2. The van der Waals surface area contributed by atoms with Gasteiger partial charge in [-0.05, 0) is 55.2 Å². The van der Waals surface area contributed by atoms with Crippen LogP contribution in [0.3, 0.4) is 0 Å². The van der Waals surface area contributed by atoms with Gasteiger partial charge >= 0.3 is 0 Å². The molecule has 0 spiro atoms. The number of amides is 1. The van der Waals surface area contributed by atoms with Crippen LogP contribution in [0.5, 0.6) is 0 Å². The molecule has 0 bridgehead atoms. The van der Waals surface area contributed by atoms with Crippen molar-refractivity contribution in [3.63, 3.8) is 0 Å². The van der Waals surface area contributed by atoms with Crippen molar-refractivity contribution in [3.8, 4) is 0 Å². The van der Waals surface area contributed by atoms with Crippen molar-refractivity contribution in [2.75, 3.05) is 18.0 Å². The molecule has 0 saturated carbocycles. The third-order valence-corrected chi connectivity index (χ3v) is 5.39. The van der Waals surface area contributed by atoms with E-state index in [2.05, 4.69) is 15.2 Å². The van der Waals surface area contributed by atoms with E-state index in [1.54, 1.807) is 19.2 Å². The third kappa shape index (κ3) is 4.20. The first-order valence-corrected chi connectivity index (χ1v) is 10.0. The predicted molar refractivity (Wildman–Crippen MR) is 99.4 cm³/mol. The summed E-state index contributed by atoms with van der Waals surface area (Å²) in [5.41, 5.74) is 1.92. The summed E-state index contributed by atoms with van der Waals surface area (Å²) in [6.45, 7) is 4.09. The topological polar surface area (TPSA) is 105 Å². The van der Waals surface area contributed by atoms with Crippen molar-refractivity contribution in [1.82, 2.24) is 10.3 Å². The van der Waals surface area contributed by atoms with E-state index in [1.165, 1.54) is 25.0 Å². The normalized spacial score (nSPS) is 14.5. The predicted octanol–water partition coefficient (Wildman–Crippen LogP) is 1.57. The number of aromatic nitrogens is 1. The number of benzene rings is 1. The Bertz CT molecular complexity index is 922. The highest BCUT2D eigenvalue weighted by Crippen LogP contribution is 2.19. The molecule has 3 rings (SSSR count). The number of sulfonamides is 1. The average Bonchev–Trinajstić information content (AvgIpc) is 3.14. The first-order chi connectivity index (χ1) is 12.3. The zero-order chi connectivity index (χ0) is 18.7. The number of carbonyl (C=O) groups is 1. The highest BCUT2D eigenvalue weighted by molar-refractivity contribution is 7.89. The molecule has 1 aromatic heterocycles. The van der Waals surface area contributed by atoms with Crippen molar-refractivity contribution in [1.29, 1.82) is 0 Å². The second-order valence-corrected chi connectivity index (χ2v) is 7.98. The van der Waals surface area contributed by atoms with Crippen LogP contribution < -0.4 is 15.4 Å². The Kier molecular flexibility index (Phi) is 5.24. The Morgan fingerprint density at radius 1 is 1.23 bits per heavy atom. The molecule has 1 aliphatic rings. The molecule has 1 aliphatic heterocycles. The van der Waals surface area contributed by atoms with Crippen molar-refractivity contribution in [3.05, 3.63) is 53.2 Å². The molecular weight excluding hydrogens is 352 g/mol. The molecule has 0 atom stereocenters. The van der Waals surface area contributed by atoms with Crippen LogP contribution in [0.1, 0.15) is 34.3 Å². The molecule has 1 amide bonds. The summed E-state index contributed by atoms with van der Waals surface area (Å²) < 4.78 is 23.0. The van der Waals surface area contributed by atoms with Crippen molar-refractivity contribution >= 4 is 21.7 Å². The lowest BCUT2D eigenvalue weighted by molar-refractivity contribution is 0.0950. The molecule has 2 heterocycles. The molecule has 1 aromatic carbocycles. The summed E-state index contributed by atoms with van der Waals surface area (Å²) in [4.78, 5) is 19.0. The lowest BCUT2D eigenvalue weighted by Crippen LogP contribution is -2.25. The minimum atomic E-state index is -3.85. The van der Waals surface area contributed by atoms with Gasteiger partial charge in [0.25, 0.3) is 5.91 Å². The largest absolute Gasteiger partial charge is 0.357 e. The van der Waals surface area contributed by atoms with Crippen LogP contribution in [0.2, 0.25) is 0 Å². The van der Waals surface area contributed by atoms with Gasteiger partial charge in [0.2, 0.25) is 10.0 Å². The monoisotopic (exact) mass is 374 g/mol. The van der Waals surface area contributed by atoms with E-state index in [9.17, 15) is 13.2 Å². The number of carbonyl (C=O) groups excluding carboxylic acids is 1. The molecule has 0 unspecified atom stereocenters. The highest BCUT2D eigenvalue weighted by Gasteiger charge is 2.16. The number of primary sulfonamides is 1. The minimum absolute atomic E-state index is 0.0755. The lowest BCUT2D eigenvalue weighted by atomic mass is 10.1. The van der Waals surface area contributed by atoms with Crippen LogP contribution in [-0.4, -0.2) is 32.4 Å². The number of hydrogen-bond donors (Lipinski definition) is 2. The van der Waals surface area contributed by atoms with Gasteiger partial charge in [-0.1, -0.05) is 6.07 Å². The summed E-state index contributed by atoms with van der Waals surface area (Å²) in [7, 11) is -3.85. The first kappa shape index (κ1) is 18.3. The van der Waals surface area contributed by atoms with Crippen LogP contribution in [0, 0.1) is 6.92 Å². The quantitative estimate of drug-likeness (QED) is 0.826. The number of nitrogens with one attached hydrogen (secondary N) is 1. The minimum Gasteiger partial charge on any atom is -0.357 e. The molecule has 1 saturated heterocycles. The number of aryl methyl sites for hydroxylation is 1. The highest BCUT2D eigenvalue weighted by atomic mass is 32.2. The third-order valence-electron chi connectivity index (χ3n) is 4.48. The van der Waals surface area contributed by atoms with Crippen LogP contribution in [0.25, 0.3) is 0 Å². The van der Waals surface area contributed by atoms with Crippen LogP contribution in [-0.2, 0) is 16.6 Å². The zero-order valence-corrected chi connectivity index (χ0v) is 15.4. The second-order valence-electron chi connectivity index (χ2n) is 6.42. The fourth-order valence-electron chi connectivity index (χ4n) is 2.99. The van der Waals surface area contributed by atoms with Crippen LogP contribution >= 0.6 is 0 Å². The number of nitrogens with two attached hydrogens (primary N) is 1. The SMILES string of the molecule is Cc1ccc(S(N)(=O)=O)cc1C(=O)NCc1ccnc(N2CCCC2)c1. The number of hydrogen-bond acceptors (Lipinski definition) is 5. The molecular formula is C18H22N4O3S. The second kappa shape index (κ2) is 7.43. The maximum Gasteiger partial charge on any atom is 0.251 e. The molecule has 2 aromatic rings. The van der Waals surface area contributed by atoms with E-state index in [4.69, 9.17) is 5.14 Å². The summed E-state index contributed by atoms with van der Waals surface area (Å²) in [6.07, 6.45) is 4.08. The van der Waals surface area contributed by atoms with Crippen molar-refractivity contribution in [2.45, 2.75) is 31.2 Å². The number of anilines is 1. The van der Waals surface area contributed by atoms with E-state index >= 15 is 0 Å². The van der Waals surface area contributed by atoms with E-state index in [-0.39, 0.29) is 10.8 Å². The van der Waals surface area contributed by atoms with Gasteiger partial charge in [-0.2, -0.15) is 0 Å². The van der Waals surface area contributed by atoms with Gasteiger partial charge in [-0.15, -0.1) is 0 Å². The number of pyridine rings is 1. The number of rotatable bonds is 5. The molecule has 8 heteroatoms. The lowest BCUT2D eigenvalue weighted by Gasteiger charge is -2.17. The first-order valence-electron chi connectivity index (χ1n) is 8.46. The van der Waals surface area contributed by atoms with Gasteiger partial charge in [-0.25, -0.2) is 18.5 Å². The summed E-state index contributed by atoms with van der Waals surface area (Å²) in [5, 5.41) is 7.98. The molecule has 0 radical (unpaired) electrons. The van der Waals surface area contributed by atoms with Gasteiger partial charge < -0.3 is 10.2 Å². The van der Waals surface area contributed by atoms with E-state index < -0.39 is 10.0 Å². The van der Waals surface area contributed by atoms with Gasteiger partial charge in [0.15, 0.2) is 0 Å². The fraction of sp³-hybridized carbons (Fsp3) is 0.333. The van der Waals surface area contributed by atoms with Gasteiger partial charge in [0.05, 0.1) is 4.90 Å². The van der Waals surface area contributed by atoms with Gasteiger partial charge in [0, 0.05) is 31.4 Å². The van der Waals surface area contributed by atoms with Crippen LogP contribution in [0.15, 0.2) is 41.4 Å². The Hall–Kier alpha value is -2.45. The summed E-state index contributed by atoms with van der Waals surface area (Å²) >= 11 is 0. The maximum atomic E-state index is 12.5. The summed E-state index contributed by atoms with van der Waals surface area (Å²) in [6, 6.07) is 8.11. The average molecular weight is 374 g/mol. The van der Waals surface area contributed by atoms with E-state index in [1.807, 2.05) is 12.1 Å². The zero-order valence-electron chi connectivity index (χ0n) is 14.6. The molecule has 3 N–H and O–H groups in total. The van der Waals surface area contributed by atoms with Crippen molar-refractivity contribution < 1.29 is 13.2 Å². The Morgan fingerprint density at radius 3 is 2.65 bits per heavy atom. The van der Waals surface area contributed by atoms with Gasteiger partial charge in [-0.3, -0.25) is 4.79 Å². The molecule has 7 nitrogen and oxygen atoms in total. The smallest absolute Gasteiger partial charge is 0.251 e. The summed E-state index contributed by atoms with van der Waals surface area (Å²) in [5.74, 6) is 0.578. The van der Waals surface area contributed by atoms with Gasteiger partial charge in [0.1, 0.15) is 5.82 Å². The standard InChI is InChI=1S/C18H22N4O3S/c1-13-4-5-15(26(19,24)25)11-16(13)18(23)21-12-14-6-7-20-17(10-14)22-8-2-3-9-22/h4-7,10-11H,2-3,8-9,12H2,1H3,(H,21,23)(H2,19,24,25). The Labute approximate surface area is 153 Å². The Balaban J connectivity index is 1.72. The van der Waals surface area contributed by atoms with E-state index in [0.29, 0.717) is 17.7 Å². The molecule has 1 fully saturated rings. The van der Waals surface area contributed by atoms with Crippen LogP contribution in [0.4, 0.5) is 5.82 Å². The van der Waals surface area contributed by atoms with E-state index in [0.717, 1.165) is 24.5 Å². The molecule has 138 valence electrons. The fourth-order valence-corrected chi connectivity index (χ4v) is 3.53. The Morgan fingerprint density at radius 2 is 1.96 bits per heavy atom. The maximum absolute atomic E-state index is 12.5. The molecule has 0 aliphatic carbocycles.